The van der Waals surface area contributed by atoms with Crippen molar-refractivity contribution in [2.24, 2.45) is 0 Å². The van der Waals surface area contributed by atoms with Gasteiger partial charge in [-0.1, -0.05) is 11.6 Å². The normalized spacial score (nSPS) is 13.5. The van der Waals surface area contributed by atoms with E-state index in [-0.39, 0.29) is 24.2 Å². The molecule has 0 aliphatic rings. The van der Waals surface area contributed by atoms with Crippen LogP contribution in [0.4, 0.5) is 0 Å². The third-order valence-electron chi connectivity index (χ3n) is 2.51. The zero-order valence-electron chi connectivity index (χ0n) is 10.9. The molecule has 0 amide bonds. The fraction of sp³-hybridized carbons (Fsp3) is 0.500. The largest absolute Gasteiger partial charge is 0.392 e. The molecule has 0 heterocycles. The van der Waals surface area contributed by atoms with Crippen LogP contribution >= 0.6 is 11.6 Å². The first-order valence-corrected chi connectivity index (χ1v) is 7.77. The maximum Gasteiger partial charge on any atom is 0.240 e. The second-order valence-electron chi connectivity index (χ2n) is 4.03. The third kappa shape index (κ3) is 4.74. The summed E-state index contributed by atoms with van der Waals surface area (Å²) in [5, 5.41) is 9.41. The Kier molecular flexibility index (Phi) is 6.22. The highest BCUT2D eigenvalue weighted by Crippen LogP contribution is 2.20. The summed E-state index contributed by atoms with van der Waals surface area (Å²) in [4.78, 5) is 0.0737. The second kappa shape index (κ2) is 7.21. The maximum absolute atomic E-state index is 12.0. The maximum atomic E-state index is 12.0. The highest BCUT2D eigenvalue weighted by Gasteiger charge is 2.16. The predicted octanol–water partition coefficient (Wildman–Crippen LogP) is 1.54. The van der Waals surface area contributed by atoms with Crippen LogP contribution in [0.25, 0.3) is 0 Å². The molecular formula is C12H18ClNO4S. The predicted molar refractivity (Wildman–Crippen MR) is 73.7 cm³/mol. The first kappa shape index (κ1) is 16.4. The van der Waals surface area contributed by atoms with E-state index in [0.717, 1.165) is 0 Å². The third-order valence-corrected chi connectivity index (χ3v) is 4.30. The van der Waals surface area contributed by atoms with Crippen molar-refractivity contribution >= 4 is 21.6 Å². The molecule has 7 heteroatoms. The van der Waals surface area contributed by atoms with Crippen LogP contribution in [0.1, 0.15) is 19.4 Å². The molecule has 2 N–H and O–H groups in total. The Bertz CT molecular complexity index is 518. The average molecular weight is 308 g/mol. The Hall–Kier alpha value is -0.660. The van der Waals surface area contributed by atoms with Gasteiger partial charge in [0.2, 0.25) is 10.0 Å². The number of benzene rings is 1. The lowest BCUT2D eigenvalue weighted by molar-refractivity contribution is 0.0799. The van der Waals surface area contributed by atoms with E-state index in [1.807, 2.05) is 6.92 Å². The lowest BCUT2D eigenvalue weighted by Gasteiger charge is -2.13. The molecule has 1 aromatic rings. The van der Waals surface area contributed by atoms with E-state index in [9.17, 15) is 8.42 Å². The van der Waals surface area contributed by atoms with Gasteiger partial charge in [0.25, 0.3) is 0 Å². The van der Waals surface area contributed by atoms with Crippen LogP contribution in [-0.2, 0) is 21.4 Å². The Morgan fingerprint density at radius 1 is 1.47 bits per heavy atom. The number of halogens is 1. The molecule has 0 bridgehead atoms. The molecule has 1 atom stereocenters. The zero-order valence-corrected chi connectivity index (χ0v) is 12.5. The number of sulfonamides is 1. The topological polar surface area (TPSA) is 75.6 Å². The SMILES string of the molecule is CCOC(C)CNS(=O)(=O)c1ccc(Cl)c(CO)c1. The molecule has 0 saturated carbocycles. The van der Waals surface area contributed by atoms with E-state index < -0.39 is 10.0 Å². The summed E-state index contributed by atoms with van der Waals surface area (Å²) in [5.74, 6) is 0. The van der Waals surface area contributed by atoms with E-state index in [0.29, 0.717) is 17.2 Å². The van der Waals surface area contributed by atoms with Crippen molar-refractivity contribution in [1.29, 1.82) is 0 Å². The Morgan fingerprint density at radius 2 is 2.16 bits per heavy atom. The summed E-state index contributed by atoms with van der Waals surface area (Å²) in [7, 11) is -3.62. The summed E-state index contributed by atoms with van der Waals surface area (Å²) in [5.41, 5.74) is 0.377. The van der Waals surface area contributed by atoms with Crippen LogP contribution in [0.3, 0.4) is 0 Å². The van der Waals surface area contributed by atoms with Gasteiger partial charge in [0.05, 0.1) is 17.6 Å². The van der Waals surface area contributed by atoms with Crippen molar-refractivity contribution in [1.82, 2.24) is 4.72 Å². The number of aliphatic hydroxyl groups excluding tert-OH is 1. The summed E-state index contributed by atoms with van der Waals surface area (Å²) in [6.45, 7) is 4.04. The molecule has 0 aliphatic heterocycles. The van der Waals surface area contributed by atoms with Crippen LogP contribution in [0.15, 0.2) is 23.1 Å². The molecule has 0 radical (unpaired) electrons. The van der Waals surface area contributed by atoms with Crippen molar-refractivity contribution in [3.8, 4) is 0 Å². The minimum absolute atomic E-state index is 0.0737. The monoisotopic (exact) mass is 307 g/mol. The first-order valence-electron chi connectivity index (χ1n) is 5.91. The average Bonchev–Trinajstić information content (AvgIpc) is 2.37. The van der Waals surface area contributed by atoms with Crippen molar-refractivity contribution in [2.75, 3.05) is 13.2 Å². The van der Waals surface area contributed by atoms with Crippen LogP contribution in [-0.4, -0.2) is 32.8 Å². The van der Waals surface area contributed by atoms with Crippen LogP contribution < -0.4 is 4.72 Å². The number of hydrogen-bond acceptors (Lipinski definition) is 4. The van der Waals surface area contributed by atoms with E-state index in [2.05, 4.69) is 4.72 Å². The second-order valence-corrected chi connectivity index (χ2v) is 6.20. The van der Waals surface area contributed by atoms with Gasteiger partial charge in [-0.15, -0.1) is 0 Å². The van der Waals surface area contributed by atoms with Crippen molar-refractivity contribution in [3.63, 3.8) is 0 Å². The van der Waals surface area contributed by atoms with E-state index >= 15 is 0 Å². The van der Waals surface area contributed by atoms with Gasteiger partial charge in [-0.05, 0) is 37.6 Å². The van der Waals surface area contributed by atoms with Gasteiger partial charge in [-0.25, -0.2) is 13.1 Å². The summed E-state index contributed by atoms with van der Waals surface area (Å²) < 4.78 is 31.8. The van der Waals surface area contributed by atoms with Crippen LogP contribution in [0.5, 0.6) is 0 Å². The fourth-order valence-electron chi connectivity index (χ4n) is 1.49. The Balaban J connectivity index is 2.83. The standard InChI is InChI=1S/C12H18ClNO4S/c1-3-18-9(2)7-14-19(16,17)11-4-5-12(13)10(6-11)8-15/h4-6,9,14-15H,3,7-8H2,1-2H3. The minimum atomic E-state index is -3.62. The molecule has 5 nitrogen and oxygen atoms in total. The molecule has 0 aromatic heterocycles. The molecule has 19 heavy (non-hydrogen) atoms. The quantitative estimate of drug-likeness (QED) is 0.801. The highest BCUT2D eigenvalue weighted by molar-refractivity contribution is 7.89. The molecule has 1 aromatic carbocycles. The number of aliphatic hydroxyl groups is 1. The first-order chi connectivity index (χ1) is 8.90. The molecular weight excluding hydrogens is 290 g/mol. The summed E-state index contributed by atoms with van der Waals surface area (Å²) in [6.07, 6.45) is -0.204. The van der Waals surface area contributed by atoms with Crippen LogP contribution in [0, 0.1) is 0 Å². The van der Waals surface area contributed by atoms with E-state index in [1.165, 1.54) is 18.2 Å². The van der Waals surface area contributed by atoms with Crippen molar-refractivity contribution in [2.45, 2.75) is 31.5 Å². The molecule has 108 valence electrons. The zero-order chi connectivity index (χ0) is 14.5. The molecule has 0 saturated heterocycles. The van der Waals surface area contributed by atoms with Crippen molar-refractivity contribution in [3.05, 3.63) is 28.8 Å². The molecule has 1 rings (SSSR count). The molecule has 0 fully saturated rings. The van der Waals surface area contributed by atoms with Crippen LogP contribution in [0.2, 0.25) is 5.02 Å². The van der Waals surface area contributed by atoms with Gasteiger partial charge in [-0.2, -0.15) is 0 Å². The van der Waals surface area contributed by atoms with E-state index in [4.69, 9.17) is 21.4 Å². The van der Waals surface area contributed by atoms with Gasteiger partial charge < -0.3 is 9.84 Å². The minimum Gasteiger partial charge on any atom is -0.392 e. The van der Waals surface area contributed by atoms with Gasteiger partial charge in [0.15, 0.2) is 0 Å². The van der Waals surface area contributed by atoms with Gasteiger partial charge in [0.1, 0.15) is 0 Å². The lowest BCUT2D eigenvalue weighted by atomic mass is 10.2. The summed E-state index contributed by atoms with van der Waals surface area (Å²) in [6, 6.07) is 4.21. The molecule has 0 spiro atoms. The van der Waals surface area contributed by atoms with Gasteiger partial charge in [0, 0.05) is 18.2 Å². The van der Waals surface area contributed by atoms with Gasteiger partial charge in [-0.3, -0.25) is 0 Å². The summed E-state index contributed by atoms with van der Waals surface area (Å²) >= 11 is 5.82. The molecule has 1 unspecified atom stereocenters. The Labute approximate surface area is 118 Å². The molecule has 0 aliphatic carbocycles. The lowest BCUT2D eigenvalue weighted by Crippen LogP contribution is -2.32. The Morgan fingerprint density at radius 3 is 2.74 bits per heavy atom. The smallest absolute Gasteiger partial charge is 0.240 e. The number of nitrogens with one attached hydrogen (secondary N) is 1. The number of ether oxygens (including phenoxy) is 1. The van der Waals surface area contributed by atoms with Gasteiger partial charge >= 0.3 is 0 Å². The van der Waals surface area contributed by atoms with Crippen molar-refractivity contribution < 1.29 is 18.3 Å². The number of hydrogen-bond donors (Lipinski definition) is 2. The fourth-order valence-corrected chi connectivity index (χ4v) is 2.84. The van der Waals surface area contributed by atoms with E-state index in [1.54, 1.807) is 6.92 Å². The highest BCUT2D eigenvalue weighted by atomic mass is 35.5. The number of rotatable bonds is 7.